The first-order valence-electron chi connectivity index (χ1n) is 8.10. The second kappa shape index (κ2) is 5.70. The molecular formula is C18H19N3O3. The summed E-state index contributed by atoms with van der Waals surface area (Å²) in [6.45, 7) is 3.40. The van der Waals surface area contributed by atoms with Crippen LogP contribution in [0.1, 0.15) is 35.6 Å². The molecule has 1 amide bonds. The molecule has 3 heterocycles. The second-order valence-corrected chi connectivity index (χ2v) is 6.07. The van der Waals surface area contributed by atoms with Crippen molar-refractivity contribution in [3.63, 3.8) is 0 Å². The first-order chi connectivity index (χ1) is 11.6. The molecule has 0 saturated heterocycles. The third-order valence-electron chi connectivity index (χ3n) is 4.48. The average molecular weight is 325 g/mol. The van der Waals surface area contributed by atoms with Gasteiger partial charge in [0.1, 0.15) is 11.3 Å². The van der Waals surface area contributed by atoms with Crippen molar-refractivity contribution >= 4 is 16.9 Å². The molecule has 3 aromatic rings. The fourth-order valence-electron chi connectivity index (χ4n) is 2.93. The monoisotopic (exact) mass is 325 g/mol. The molecule has 1 unspecified atom stereocenters. The van der Waals surface area contributed by atoms with E-state index in [2.05, 4.69) is 5.10 Å². The Morgan fingerprint density at radius 1 is 1.33 bits per heavy atom. The van der Waals surface area contributed by atoms with Crippen molar-refractivity contribution in [3.05, 3.63) is 47.9 Å². The topological polar surface area (TPSA) is 60.5 Å². The van der Waals surface area contributed by atoms with Crippen LogP contribution < -0.4 is 4.74 Å². The van der Waals surface area contributed by atoms with Gasteiger partial charge in [-0.15, -0.1) is 0 Å². The Bertz CT molecular complexity index is 839. The van der Waals surface area contributed by atoms with E-state index in [0.717, 1.165) is 29.7 Å². The zero-order valence-electron chi connectivity index (χ0n) is 13.7. The summed E-state index contributed by atoms with van der Waals surface area (Å²) >= 11 is 0. The number of benzene rings is 1. The highest BCUT2D eigenvalue weighted by Crippen LogP contribution is 2.28. The van der Waals surface area contributed by atoms with Crippen molar-refractivity contribution in [2.75, 3.05) is 13.7 Å². The van der Waals surface area contributed by atoms with Crippen LogP contribution in [0.3, 0.4) is 0 Å². The highest BCUT2D eigenvalue weighted by atomic mass is 16.5. The van der Waals surface area contributed by atoms with Gasteiger partial charge in [-0.25, -0.2) is 4.68 Å². The van der Waals surface area contributed by atoms with Crippen LogP contribution in [0.4, 0.5) is 0 Å². The lowest BCUT2D eigenvalue weighted by atomic mass is 10.2. The number of ether oxygens (including phenoxy) is 1. The van der Waals surface area contributed by atoms with Gasteiger partial charge in [0.25, 0.3) is 5.91 Å². The van der Waals surface area contributed by atoms with E-state index in [9.17, 15) is 4.79 Å². The summed E-state index contributed by atoms with van der Waals surface area (Å²) in [4.78, 5) is 14.4. The normalized spacial score (nSPS) is 14.9. The summed E-state index contributed by atoms with van der Waals surface area (Å²) in [5, 5.41) is 5.39. The summed E-state index contributed by atoms with van der Waals surface area (Å²) in [7, 11) is 1.76. The fourth-order valence-corrected chi connectivity index (χ4v) is 2.93. The van der Waals surface area contributed by atoms with Crippen molar-refractivity contribution in [2.24, 2.45) is 0 Å². The Hall–Kier alpha value is -2.76. The lowest BCUT2D eigenvalue weighted by Gasteiger charge is -2.22. The van der Waals surface area contributed by atoms with Crippen LogP contribution in [0.15, 0.2) is 40.8 Å². The van der Waals surface area contributed by atoms with Crippen molar-refractivity contribution in [2.45, 2.75) is 25.9 Å². The predicted octanol–water partition coefficient (Wildman–Crippen LogP) is 3.25. The second-order valence-electron chi connectivity index (χ2n) is 6.07. The smallest absolute Gasteiger partial charge is 0.274 e. The van der Waals surface area contributed by atoms with E-state index in [-0.39, 0.29) is 11.9 Å². The Kier molecular flexibility index (Phi) is 3.52. The molecule has 124 valence electrons. The number of carbonyl (C=O) groups is 1. The van der Waals surface area contributed by atoms with E-state index in [4.69, 9.17) is 9.15 Å². The van der Waals surface area contributed by atoms with Crippen LogP contribution in [0, 0.1) is 0 Å². The van der Waals surface area contributed by atoms with Gasteiger partial charge in [0, 0.05) is 31.5 Å². The molecule has 24 heavy (non-hydrogen) atoms. The maximum atomic E-state index is 12.7. The van der Waals surface area contributed by atoms with Crippen LogP contribution in [-0.2, 0) is 6.54 Å². The number of fused-ring (bicyclic) bond motifs is 2. The molecule has 1 aliphatic heterocycles. The zero-order valence-corrected chi connectivity index (χ0v) is 13.7. The number of rotatable bonds is 3. The largest absolute Gasteiger partial charge is 0.478 e. The van der Waals surface area contributed by atoms with Crippen molar-refractivity contribution in [1.29, 1.82) is 0 Å². The van der Waals surface area contributed by atoms with Gasteiger partial charge in [-0.2, -0.15) is 5.10 Å². The highest BCUT2D eigenvalue weighted by molar-refractivity contribution is 5.92. The van der Waals surface area contributed by atoms with Crippen LogP contribution in [-0.4, -0.2) is 34.2 Å². The van der Waals surface area contributed by atoms with Gasteiger partial charge < -0.3 is 14.1 Å². The number of furan rings is 1. The predicted molar refractivity (Wildman–Crippen MR) is 89.1 cm³/mol. The summed E-state index contributed by atoms with van der Waals surface area (Å²) < 4.78 is 13.2. The first-order valence-corrected chi connectivity index (χ1v) is 8.10. The maximum Gasteiger partial charge on any atom is 0.274 e. The van der Waals surface area contributed by atoms with E-state index in [0.29, 0.717) is 18.2 Å². The number of nitrogens with zero attached hydrogens (tertiary/aromatic N) is 3. The average Bonchev–Trinajstić information content (AvgIpc) is 3.23. The molecule has 0 saturated carbocycles. The van der Waals surface area contributed by atoms with Crippen molar-refractivity contribution in [1.82, 2.24) is 14.7 Å². The van der Waals surface area contributed by atoms with Gasteiger partial charge in [0.15, 0.2) is 5.69 Å². The highest BCUT2D eigenvalue weighted by Gasteiger charge is 2.25. The number of amides is 1. The van der Waals surface area contributed by atoms with Gasteiger partial charge in [-0.3, -0.25) is 4.79 Å². The van der Waals surface area contributed by atoms with Gasteiger partial charge >= 0.3 is 0 Å². The number of aromatic nitrogens is 2. The minimum absolute atomic E-state index is 0.145. The lowest BCUT2D eigenvalue weighted by molar-refractivity contribution is 0.0720. The number of para-hydroxylation sites is 1. The van der Waals surface area contributed by atoms with Gasteiger partial charge in [0.05, 0.1) is 12.6 Å². The Morgan fingerprint density at radius 2 is 2.17 bits per heavy atom. The molecule has 0 radical (unpaired) electrons. The van der Waals surface area contributed by atoms with E-state index < -0.39 is 0 Å². The van der Waals surface area contributed by atoms with Crippen LogP contribution >= 0.6 is 0 Å². The van der Waals surface area contributed by atoms with Gasteiger partial charge in [-0.1, -0.05) is 18.2 Å². The van der Waals surface area contributed by atoms with Gasteiger partial charge in [-0.05, 0) is 19.1 Å². The van der Waals surface area contributed by atoms with Gasteiger partial charge in [0.2, 0.25) is 5.88 Å². The maximum absolute atomic E-state index is 12.7. The quantitative estimate of drug-likeness (QED) is 0.742. The number of aryl methyl sites for hydroxylation is 1. The molecule has 0 spiro atoms. The molecule has 6 nitrogen and oxygen atoms in total. The number of hydrogen-bond donors (Lipinski definition) is 0. The SMILES string of the molecule is CC(c1cc2ccccc2o1)N(C)C(=O)c1cc2n(n1)CCCO2. The summed E-state index contributed by atoms with van der Waals surface area (Å²) in [6, 6.07) is 11.3. The van der Waals surface area contributed by atoms with E-state index >= 15 is 0 Å². The minimum atomic E-state index is -0.190. The first kappa shape index (κ1) is 14.8. The van der Waals surface area contributed by atoms with E-state index in [1.165, 1.54) is 0 Å². The molecule has 0 N–H and O–H groups in total. The van der Waals surface area contributed by atoms with E-state index in [1.807, 2.05) is 37.3 Å². The minimum Gasteiger partial charge on any atom is -0.478 e. The molecule has 2 aromatic heterocycles. The zero-order chi connectivity index (χ0) is 16.7. The summed E-state index contributed by atoms with van der Waals surface area (Å²) in [5.41, 5.74) is 1.23. The Morgan fingerprint density at radius 3 is 2.96 bits per heavy atom. The molecule has 1 aliphatic rings. The Balaban J connectivity index is 1.58. The molecule has 0 aliphatic carbocycles. The van der Waals surface area contributed by atoms with Crippen molar-refractivity contribution in [3.8, 4) is 5.88 Å². The third kappa shape index (κ3) is 2.44. The Labute approximate surface area is 139 Å². The number of hydrogen-bond acceptors (Lipinski definition) is 4. The molecule has 1 aromatic carbocycles. The fraction of sp³-hybridized carbons (Fsp3) is 0.333. The van der Waals surface area contributed by atoms with Crippen molar-refractivity contribution < 1.29 is 13.9 Å². The molecule has 0 bridgehead atoms. The summed E-state index contributed by atoms with van der Waals surface area (Å²) in [6.07, 6.45) is 0.910. The molecule has 6 heteroatoms. The number of carbonyl (C=O) groups excluding carboxylic acids is 1. The van der Waals surface area contributed by atoms with Crippen LogP contribution in [0.25, 0.3) is 11.0 Å². The molecular weight excluding hydrogens is 306 g/mol. The third-order valence-corrected chi connectivity index (χ3v) is 4.48. The standard InChI is InChI=1S/C18H19N3O3/c1-12(16-10-13-6-3-4-7-15(13)24-16)20(2)18(22)14-11-17-21(19-14)8-5-9-23-17/h3-4,6-7,10-12H,5,8-9H2,1-2H3. The van der Waals surface area contributed by atoms with E-state index in [1.54, 1.807) is 22.7 Å². The molecule has 4 rings (SSSR count). The molecule has 0 fully saturated rings. The van der Waals surface area contributed by atoms with Crippen LogP contribution in [0.2, 0.25) is 0 Å². The molecule has 1 atom stereocenters. The lowest BCUT2D eigenvalue weighted by Crippen LogP contribution is -2.30. The van der Waals surface area contributed by atoms with Crippen LogP contribution in [0.5, 0.6) is 5.88 Å². The summed E-state index contributed by atoms with van der Waals surface area (Å²) in [5.74, 6) is 1.27.